The van der Waals surface area contributed by atoms with Gasteiger partial charge in [-0.1, -0.05) is 6.92 Å². The van der Waals surface area contributed by atoms with Crippen molar-refractivity contribution in [2.24, 2.45) is 0 Å². The number of ether oxygens (including phenoxy) is 1. The summed E-state index contributed by atoms with van der Waals surface area (Å²) in [7, 11) is 1.50. The summed E-state index contributed by atoms with van der Waals surface area (Å²) in [6, 6.07) is -0.365. The molecule has 0 fully saturated rings. The van der Waals surface area contributed by atoms with Crippen LogP contribution in [0, 0.1) is 0 Å². The Labute approximate surface area is 89.2 Å². The number of methoxy groups -OCH3 is 1. The van der Waals surface area contributed by atoms with Crippen molar-refractivity contribution in [2.45, 2.75) is 13.3 Å². The van der Waals surface area contributed by atoms with Crippen molar-refractivity contribution >= 4 is 12.0 Å². The van der Waals surface area contributed by atoms with E-state index < -0.39 is 5.97 Å². The summed E-state index contributed by atoms with van der Waals surface area (Å²) in [6.07, 6.45) is 0.816. The Morgan fingerprint density at radius 3 is 2.60 bits per heavy atom. The van der Waals surface area contributed by atoms with Gasteiger partial charge < -0.3 is 20.1 Å². The van der Waals surface area contributed by atoms with Gasteiger partial charge in [-0.2, -0.15) is 0 Å². The van der Waals surface area contributed by atoms with Crippen LogP contribution in [0.3, 0.4) is 0 Å². The van der Waals surface area contributed by atoms with Crippen LogP contribution in [0.5, 0.6) is 0 Å². The molecule has 0 aromatic heterocycles. The molecule has 0 aliphatic rings. The van der Waals surface area contributed by atoms with Gasteiger partial charge in [-0.3, -0.25) is 4.79 Å². The molecule has 0 aliphatic carbocycles. The van der Waals surface area contributed by atoms with E-state index in [0.717, 1.165) is 6.42 Å². The molecule has 2 N–H and O–H groups in total. The van der Waals surface area contributed by atoms with Crippen molar-refractivity contribution < 1.29 is 19.4 Å². The van der Waals surface area contributed by atoms with Gasteiger partial charge in [0.2, 0.25) is 0 Å². The quantitative estimate of drug-likeness (QED) is 0.637. The van der Waals surface area contributed by atoms with E-state index in [1.54, 1.807) is 0 Å². The van der Waals surface area contributed by atoms with E-state index in [4.69, 9.17) is 9.84 Å². The van der Waals surface area contributed by atoms with Gasteiger partial charge >= 0.3 is 12.0 Å². The topological polar surface area (TPSA) is 78.9 Å². The standard InChI is InChI=1S/C9H18N2O4/c1-3-4-10-9(14)11(5-6-15-2)7-8(12)13/h3-7H2,1-2H3,(H,10,14)(H,12,13). The molecule has 15 heavy (non-hydrogen) atoms. The zero-order valence-corrected chi connectivity index (χ0v) is 9.15. The number of nitrogens with zero attached hydrogens (tertiary/aromatic N) is 1. The van der Waals surface area contributed by atoms with Gasteiger partial charge in [-0.05, 0) is 6.42 Å². The minimum absolute atomic E-state index is 0.276. The molecule has 6 heteroatoms. The smallest absolute Gasteiger partial charge is 0.323 e. The third-order valence-corrected chi connectivity index (χ3v) is 1.70. The Bertz CT molecular complexity index is 208. The largest absolute Gasteiger partial charge is 0.480 e. The summed E-state index contributed by atoms with van der Waals surface area (Å²) in [5.74, 6) is -1.03. The summed E-state index contributed by atoms with van der Waals surface area (Å²) in [4.78, 5) is 23.1. The fourth-order valence-electron chi connectivity index (χ4n) is 0.961. The van der Waals surface area contributed by atoms with Crippen LogP contribution in [0.15, 0.2) is 0 Å². The average molecular weight is 218 g/mol. The molecule has 0 aromatic carbocycles. The molecule has 0 rings (SSSR count). The van der Waals surface area contributed by atoms with Crippen molar-refractivity contribution in [1.29, 1.82) is 0 Å². The van der Waals surface area contributed by atoms with E-state index in [0.29, 0.717) is 13.2 Å². The Hall–Kier alpha value is -1.30. The first-order chi connectivity index (χ1) is 7.11. The van der Waals surface area contributed by atoms with Crippen molar-refractivity contribution in [2.75, 3.05) is 33.4 Å². The number of urea groups is 1. The molecule has 0 aromatic rings. The van der Waals surface area contributed by atoms with Crippen LogP contribution in [-0.4, -0.2) is 55.4 Å². The molecule has 0 bridgehead atoms. The maximum atomic E-state index is 11.4. The van der Waals surface area contributed by atoms with E-state index >= 15 is 0 Å². The van der Waals surface area contributed by atoms with E-state index in [9.17, 15) is 9.59 Å². The monoisotopic (exact) mass is 218 g/mol. The summed E-state index contributed by atoms with van der Waals surface area (Å²) >= 11 is 0. The average Bonchev–Trinajstić information content (AvgIpc) is 2.20. The zero-order valence-electron chi connectivity index (χ0n) is 9.15. The Morgan fingerprint density at radius 2 is 2.13 bits per heavy atom. The number of amides is 2. The van der Waals surface area contributed by atoms with Gasteiger partial charge in [-0.15, -0.1) is 0 Å². The highest BCUT2D eigenvalue weighted by Gasteiger charge is 2.15. The summed E-state index contributed by atoms with van der Waals surface area (Å²) in [5, 5.41) is 11.2. The van der Waals surface area contributed by atoms with Gasteiger partial charge in [0, 0.05) is 20.2 Å². The number of carbonyl (C=O) groups is 2. The lowest BCUT2D eigenvalue weighted by molar-refractivity contribution is -0.137. The first-order valence-corrected chi connectivity index (χ1v) is 4.85. The molecule has 0 radical (unpaired) electrons. The van der Waals surface area contributed by atoms with Crippen LogP contribution >= 0.6 is 0 Å². The molecule has 0 unspecified atom stereocenters. The third kappa shape index (κ3) is 6.73. The molecule has 0 atom stereocenters. The molecule has 6 nitrogen and oxygen atoms in total. The fourth-order valence-corrected chi connectivity index (χ4v) is 0.961. The van der Waals surface area contributed by atoms with Gasteiger partial charge in [0.25, 0.3) is 0 Å². The molecule has 0 saturated carbocycles. The number of carboxylic acid groups (broad SMARTS) is 1. The summed E-state index contributed by atoms with van der Waals surface area (Å²) in [6.45, 7) is 2.77. The second-order valence-electron chi connectivity index (χ2n) is 3.04. The van der Waals surface area contributed by atoms with Gasteiger partial charge in [0.1, 0.15) is 6.54 Å². The van der Waals surface area contributed by atoms with Gasteiger partial charge in [0.05, 0.1) is 6.61 Å². The first-order valence-electron chi connectivity index (χ1n) is 4.85. The number of carbonyl (C=O) groups excluding carboxylic acids is 1. The fraction of sp³-hybridized carbons (Fsp3) is 0.778. The maximum absolute atomic E-state index is 11.4. The number of aliphatic carboxylic acids is 1. The highest BCUT2D eigenvalue weighted by molar-refractivity contribution is 5.80. The van der Waals surface area contributed by atoms with Crippen molar-refractivity contribution in [1.82, 2.24) is 10.2 Å². The van der Waals surface area contributed by atoms with E-state index in [1.165, 1.54) is 12.0 Å². The number of carboxylic acids is 1. The molecule has 0 heterocycles. The van der Waals surface area contributed by atoms with Crippen LogP contribution in [-0.2, 0) is 9.53 Å². The predicted octanol–water partition coefficient (Wildman–Crippen LogP) is 0.139. The molecular formula is C9H18N2O4. The normalized spacial score (nSPS) is 9.73. The minimum atomic E-state index is -1.03. The molecule has 0 spiro atoms. The lowest BCUT2D eigenvalue weighted by Crippen LogP contribution is -2.44. The van der Waals surface area contributed by atoms with Crippen molar-refractivity contribution in [3.05, 3.63) is 0 Å². The van der Waals surface area contributed by atoms with Crippen LogP contribution in [0.25, 0.3) is 0 Å². The number of hydrogen-bond acceptors (Lipinski definition) is 3. The molecular weight excluding hydrogens is 200 g/mol. The van der Waals surface area contributed by atoms with Crippen LogP contribution in [0.1, 0.15) is 13.3 Å². The molecule has 0 saturated heterocycles. The highest BCUT2D eigenvalue weighted by atomic mass is 16.5. The number of rotatable bonds is 7. The third-order valence-electron chi connectivity index (χ3n) is 1.70. The lowest BCUT2D eigenvalue weighted by Gasteiger charge is -2.20. The molecule has 0 aliphatic heterocycles. The van der Waals surface area contributed by atoms with E-state index in [2.05, 4.69) is 5.32 Å². The Morgan fingerprint density at radius 1 is 1.47 bits per heavy atom. The van der Waals surface area contributed by atoms with Gasteiger partial charge in [-0.25, -0.2) is 4.79 Å². The van der Waals surface area contributed by atoms with Crippen molar-refractivity contribution in [3.63, 3.8) is 0 Å². The zero-order chi connectivity index (χ0) is 11.7. The lowest BCUT2D eigenvalue weighted by atomic mass is 10.4. The number of hydrogen-bond donors (Lipinski definition) is 2. The van der Waals surface area contributed by atoms with Crippen LogP contribution in [0.4, 0.5) is 4.79 Å². The Balaban J connectivity index is 4.07. The summed E-state index contributed by atoms with van der Waals surface area (Å²) < 4.78 is 4.79. The minimum Gasteiger partial charge on any atom is -0.480 e. The van der Waals surface area contributed by atoms with Gasteiger partial charge in [0.15, 0.2) is 0 Å². The second kappa shape index (κ2) is 8.05. The van der Waals surface area contributed by atoms with Crippen LogP contribution in [0.2, 0.25) is 0 Å². The Kier molecular flexibility index (Phi) is 7.35. The van der Waals surface area contributed by atoms with E-state index in [-0.39, 0.29) is 19.1 Å². The molecule has 88 valence electrons. The summed E-state index contributed by atoms with van der Waals surface area (Å²) in [5.41, 5.74) is 0. The molecule has 2 amide bonds. The second-order valence-corrected chi connectivity index (χ2v) is 3.04. The highest BCUT2D eigenvalue weighted by Crippen LogP contribution is 1.90. The maximum Gasteiger partial charge on any atom is 0.323 e. The predicted molar refractivity (Wildman–Crippen MR) is 54.8 cm³/mol. The van der Waals surface area contributed by atoms with Crippen LogP contribution < -0.4 is 5.32 Å². The SMILES string of the molecule is CCCNC(=O)N(CCOC)CC(=O)O. The van der Waals surface area contributed by atoms with E-state index in [1.807, 2.05) is 6.92 Å². The first kappa shape index (κ1) is 13.7. The van der Waals surface area contributed by atoms with Crippen molar-refractivity contribution in [3.8, 4) is 0 Å². The number of nitrogens with one attached hydrogen (secondary N) is 1.